The van der Waals surface area contributed by atoms with Crippen LogP contribution >= 0.6 is 38.9 Å². The number of hydrogen-bond acceptors (Lipinski definition) is 5. The molecule has 0 aromatic carbocycles. The Morgan fingerprint density at radius 2 is 2.15 bits per heavy atom. The van der Waals surface area contributed by atoms with E-state index in [2.05, 4.69) is 25.6 Å². The van der Waals surface area contributed by atoms with Crippen LogP contribution in [0.3, 0.4) is 0 Å². The molecule has 0 aliphatic heterocycles. The van der Waals surface area contributed by atoms with Crippen molar-refractivity contribution in [3.8, 4) is 0 Å². The van der Waals surface area contributed by atoms with Crippen LogP contribution in [0.4, 0.5) is 5.69 Å². The summed E-state index contributed by atoms with van der Waals surface area (Å²) in [5.41, 5.74) is 0.214. The number of nitrogens with one attached hydrogen (secondary N) is 1. The Morgan fingerprint density at radius 3 is 2.70 bits per heavy atom. The van der Waals surface area contributed by atoms with Crippen molar-refractivity contribution in [2.75, 3.05) is 4.72 Å². The quantitative estimate of drug-likeness (QED) is 0.773. The summed E-state index contributed by atoms with van der Waals surface area (Å²) < 4.78 is 26.8. The highest BCUT2D eigenvalue weighted by Crippen LogP contribution is 2.27. The molecule has 0 radical (unpaired) electrons. The Hall–Kier alpha value is -1.16. The first kappa shape index (κ1) is 15.2. The van der Waals surface area contributed by atoms with Crippen LogP contribution in [0, 0.1) is 0 Å². The number of carboxylic acids is 1. The van der Waals surface area contributed by atoms with Crippen LogP contribution in [-0.4, -0.2) is 24.5 Å². The fourth-order valence-corrected chi connectivity index (χ4v) is 3.89. The lowest BCUT2D eigenvalue weighted by Gasteiger charge is -2.06. The van der Waals surface area contributed by atoms with Gasteiger partial charge in [0.05, 0.1) is 16.4 Å². The lowest BCUT2D eigenvalue weighted by atomic mass is 10.4. The highest BCUT2D eigenvalue weighted by atomic mass is 79.9. The Morgan fingerprint density at radius 1 is 1.45 bits per heavy atom. The molecular formula is C10H6BrClN2O4S2. The monoisotopic (exact) mass is 396 g/mol. The second kappa shape index (κ2) is 5.68. The third-order valence-electron chi connectivity index (χ3n) is 2.11. The van der Waals surface area contributed by atoms with Crippen LogP contribution in [-0.2, 0) is 10.0 Å². The molecule has 0 atom stereocenters. The molecule has 0 amide bonds. The Bertz CT molecular complexity index is 775. The van der Waals surface area contributed by atoms with Crippen LogP contribution in [0.25, 0.3) is 0 Å². The Labute approximate surface area is 131 Å². The largest absolute Gasteiger partial charge is 0.477 e. The van der Waals surface area contributed by atoms with Crippen LogP contribution in [0.2, 0.25) is 5.15 Å². The zero-order valence-corrected chi connectivity index (χ0v) is 13.5. The van der Waals surface area contributed by atoms with Gasteiger partial charge in [-0.15, -0.1) is 11.3 Å². The third kappa shape index (κ3) is 3.29. The predicted octanol–water partition coefficient (Wildman–Crippen LogP) is 3.06. The average Bonchev–Trinajstić information content (AvgIpc) is 2.84. The topological polar surface area (TPSA) is 96.4 Å². The van der Waals surface area contributed by atoms with Gasteiger partial charge in [-0.3, -0.25) is 4.72 Å². The van der Waals surface area contributed by atoms with Gasteiger partial charge in [0.25, 0.3) is 10.0 Å². The van der Waals surface area contributed by atoms with E-state index in [4.69, 9.17) is 16.7 Å². The van der Waals surface area contributed by atoms with E-state index in [1.54, 1.807) is 0 Å². The molecule has 2 aromatic heterocycles. The van der Waals surface area contributed by atoms with Gasteiger partial charge in [0, 0.05) is 0 Å². The van der Waals surface area contributed by atoms with Gasteiger partial charge in [0.2, 0.25) is 0 Å². The van der Waals surface area contributed by atoms with E-state index in [0.717, 1.165) is 0 Å². The third-order valence-corrected chi connectivity index (χ3v) is 6.19. The van der Waals surface area contributed by atoms with Crippen molar-refractivity contribution >= 4 is 60.5 Å². The Balaban J connectivity index is 2.30. The van der Waals surface area contributed by atoms with Gasteiger partial charge in [-0.25, -0.2) is 18.2 Å². The average molecular weight is 398 g/mol. The molecule has 0 unspecified atom stereocenters. The molecule has 10 heteroatoms. The molecule has 0 aliphatic rings. The normalized spacial score (nSPS) is 11.3. The number of aromatic carboxylic acids is 1. The first-order valence-corrected chi connectivity index (χ1v) is 8.43. The number of sulfonamides is 1. The zero-order valence-electron chi connectivity index (χ0n) is 9.50. The molecule has 0 saturated carbocycles. The molecule has 0 fully saturated rings. The smallest absolute Gasteiger partial charge is 0.345 e. The first-order valence-electron chi connectivity index (χ1n) is 4.96. The fourth-order valence-electron chi connectivity index (χ4n) is 1.26. The summed E-state index contributed by atoms with van der Waals surface area (Å²) in [4.78, 5) is 14.5. The second-order valence-corrected chi connectivity index (χ2v) is 7.73. The van der Waals surface area contributed by atoms with E-state index in [-0.39, 0.29) is 19.9 Å². The molecular weight excluding hydrogens is 392 g/mol. The van der Waals surface area contributed by atoms with Crippen molar-refractivity contribution in [1.82, 2.24) is 4.98 Å². The number of rotatable bonds is 4. The van der Waals surface area contributed by atoms with Crippen LogP contribution in [0.1, 0.15) is 9.67 Å². The summed E-state index contributed by atoms with van der Waals surface area (Å²) >= 11 is 9.50. The van der Waals surface area contributed by atoms with Crippen molar-refractivity contribution < 1.29 is 18.3 Å². The number of anilines is 1. The number of nitrogens with zero attached hydrogens (tertiary/aromatic N) is 1. The van der Waals surface area contributed by atoms with E-state index < -0.39 is 16.0 Å². The minimum Gasteiger partial charge on any atom is -0.477 e. The minimum absolute atomic E-state index is 0.0548. The number of thiophene rings is 1. The summed E-state index contributed by atoms with van der Waals surface area (Å²) in [5.74, 6) is -1.17. The maximum Gasteiger partial charge on any atom is 0.345 e. The summed E-state index contributed by atoms with van der Waals surface area (Å²) in [6, 6.07) is 3.92. The molecule has 0 saturated heterocycles. The van der Waals surface area contributed by atoms with Gasteiger partial charge in [0.1, 0.15) is 14.2 Å². The van der Waals surface area contributed by atoms with Crippen LogP contribution in [0.5, 0.6) is 0 Å². The molecule has 106 valence electrons. The number of carboxylic acid groups (broad SMARTS) is 1. The zero-order chi connectivity index (χ0) is 14.9. The van der Waals surface area contributed by atoms with Crippen LogP contribution < -0.4 is 4.72 Å². The van der Waals surface area contributed by atoms with Gasteiger partial charge in [-0.2, -0.15) is 0 Å². The molecule has 20 heavy (non-hydrogen) atoms. The Kier molecular flexibility index (Phi) is 4.33. The summed E-state index contributed by atoms with van der Waals surface area (Å²) in [6.45, 7) is 0. The highest BCUT2D eigenvalue weighted by Gasteiger charge is 2.19. The van der Waals surface area contributed by atoms with E-state index in [1.165, 1.54) is 24.4 Å². The number of pyridine rings is 1. The van der Waals surface area contributed by atoms with Crippen molar-refractivity contribution in [2.24, 2.45) is 0 Å². The lowest BCUT2D eigenvalue weighted by molar-refractivity contribution is 0.0702. The van der Waals surface area contributed by atoms with Gasteiger partial charge >= 0.3 is 5.97 Å². The summed E-state index contributed by atoms with van der Waals surface area (Å²) in [5, 5.41) is 8.99. The molecule has 0 spiro atoms. The molecule has 0 bridgehead atoms. The summed E-state index contributed by atoms with van der Waals surface area (Å²) in [7, 11) is -3.85. The van der Waals surface area contributed by atoms with Crippen molar-refractivity contribution in [2.45, 2.75) is 4.21 Å². The minimum atomic E-state index is -3.85. The predicted molar refractivity (Wildman–Crippen MR) is 79.0 cm³/mol. The highest BCUT2D eigenvalue weighted by molar-refractivity contribution is 9.10. The number of hydrogen-bond donors (Lipinski definition) is 2. The van der Waals surface area contributed by atoms with E-state index in [1.807, 2.05) is 0 Å². The first-order chi connectivity index (χ1) is 9.29. The van der Waals surface area contributed by atoms with Crippen LogP contribution in [0.15, 0.2) is 33.1 Å². The maximum absolute atomic E-state index is 12.1. The number of carbonyl (C=O) groups is 1. The van der Waals surface area contributed by atoms with Gasteiger partial charge in [-0.1, -0.05) is 11.6 Å². The van der Waals surface area contributed by atoms with E-state index >= 15 is 0 Å². The SMILES string of the molecule is O=C(O)c1ccc(S(=O)(=O)Nc2cnc(Cl)c(Br)c2)s1. The van der Waals surface area contributed by atoms with E-state index in [9.17, 15) is 13.2 Å². The standard InChI is InChI=1S/C10H6BrClN2O4S2/c11-6-3-5(4-13-9(6)12)14-20(17,18)8-2-1-7(19-8)10(15)16/h1-4,14H,(H,15,16). The number of aromatic nitrogens is 1. The lowest BCUT2D eigenvalue weighted by Crippen LogP contribution is -2.11. The number of halogens is 2. The molecule has 0 aliphatic carbocycles. The van der Waals surface area contributed by atoms with Gasteiger partial charge < -0.3 is 5.11 Å². The maximum atomic E-state index is 12.1. The molecule has 2 N–H and O–H groups in total. The second-order valence-electron chi connectivity index (χ2n) is 3.53. The molecule has 2 aromatic rings. The van der Waals surface area contributed by atoms with Gasteiger partial charge in [0.15, 0.2) is 0 Å². The molecule has 2 heterocycles. The van der Waals surface area contributed by atoms with Crippen molar-refractivity contribution in [1.29, 1.82) is 0 Å². The van der Waals surface area contributed by atoms with Crippen molar-refractivity contribution in [3.05, 3.63) is 38.9 Å². The molecule has 2 rings (SSSR count). The van der Waals surface area contributed by atoms with Crippen molar-refractivity contribution in [3.63, 3.8) is 0 Å². The molecule has 6 nitrogen and oxygen atoms in total. The summed E-state index contributed by atoms with van der Waals surface area (Å²) in [6.07, 6.45) is 1.26. The van der Waals surface area contributed by atoms with E-state index in [0.29, 0.717) is 15.8 Å². The van der Waals surface area contributed by atoms with Gasteiger partial charge in [-0.05, 0) is 34.1 Å². The fraction of sp³-hybridized carbons (Fsp3) is 0.